The molecule has 0 aromatic carbocycles. The second-order valence-corrected chi connectivity index (χ2v) is 5.02. The van der Waals surface area contributed by atoms with E-state index < -0.39 is 15.8 Å². The fourth-order valence-electron chi connectivity index (χ4n) is 1.23. The monoisotopic (exact) mass is 190 g/mol. The van der Waals surface area contributed by atoms with Gasteiger partial charge in [0.1, 0.15) is 0 Å². The molecule has 1 rings (SSSR count). The van der Waals surface area contributed by atoms with Crippen LogP contribution in [0.3, 0.4) is 0 Å². The number of hydrogen-bond acceptors (Lipinski definition) is 3. The maximum absolute atomic E-state index is 11.0. The smallest absolute Gasteiger partial charge is 0.328 e. The van der Waals surface area contributed by atoms with Crippen molar-refractivity contribution in [2.75, 3.05) is 11.5 Å². The SMILES string of the molecule is O=C(O)/C=C1\CCCS(=O)(=O)C1. The highest BCUT2D eigenvalue weighted by Gasteiger charge is 2.19. The van der Waals surface area contributed by atoms with Crippen molar-refractivity contribution in [3.05, 3.63) is 11.6 Å². The van der Waals surface area contributed by atoms with Crippen molar-refractivity contribution in [3.63, 3.8) is 0 Å². The molecule has 1 fully saturated rings. The molecule has 0 unspecified atom stereocenters. The van der Waals surface area contributed by atoms with Gasteiger partial charge in [0.25, 0.3) is 0 Å². The van der Waals surface area contributed by atoms with E-state index in [1.807, 2.05) is 0 Å². The minimum Gasteiger partial charge on any atom is -0.478 e. The molecule has 68 valence electrons. The Morgan fingerprint density at radius 3 is 2.67 bits per heavy atom. The van der Waals surface area contributed by atoms with Crippen LogP contribution in [0.25, 0.3) is 0 Å². The zero-order chi connectivity index (χ0) is 9.19. The van der Waals surface area contributed by atoms with E-state index >= 15 is 0 Å². The van der Waals surface area contributed by atoms with E-state index in [2.05, 4.69) is 0 Å². The molecule has 0 saturated carbocycles. The summed E-state index contributed by atoms with van der Waals surface area (Å²) in [5, 5.41) is 8.36. The molecule has 1 aliphatic rings. The Bertz CT molecular complexity index is 312. The Morgan fingerprint density at radius 1 is 1.50 bits per heavy atom. The van der Waals surface area contributed by atoms with Crippen LogP contribution in [0.1, 0.15) is 12.8 Å². The first-order valence-corrected chi connectivity index (χ1v) is 5.44. The number of carboxylic acids is 1. The van der Waals surface area contributed by atoms with E-state index in [4.69, 9.17) is 5.11 Å². The lowest BCUT2D eigenvalue weighted by Crippen LogP contribution is -2.19. The minimum atomic E-state index is -3.01. The van der Waals surface area contributed by atoms with Crippen molar-refractivity contribution >= 4 is 15.8 Å². The lowest BCUT2D eigenvalue weighted by atomic mass is 10.1. The van der Waals surface area contributed by atoms with E-state index in [9.17, 15) is 13.2 Å². The van der Waals surface area contributed by atoms with E-state index in [-0.39, 0.29) is 11.5 Å². The molecule has 4 nitrogen and oxygen atoms in total. The molecule has 5 heteroatoms. The van der Waals surface area contributed by atoms with Gasteiger partial charge in [-0.1, -0.05) is 0 Å². The van der Waals surface area contributed by atoms with Gasteiger partial charge in [0.05, 0.1) is 11.5 Å². The third-order valence-corrected chi connectivity index (χ3v) is 3.41. The molecule has 0 aromatic rings. The van der Waals surface area contributed by atoms with Crippen LogP contribution in [-0.2, 0) is 14.6 Å². The van der Waals surface area contributed by atoms with E-state index in [0.29, 0.717) is 18.4 Å². The summed E-state index contributed by atoms with van der Waals surface area (Å²) in [7, 11) is -3.01. The van der Waals surface area contributed by atoms with Gasteiger partial charge in [-0.25, -0.2) is 13.2 Å². The summed E-state index contributed by atoms with van der Waals surface area (Å²) < 4.78 is 22.0. The van der Waals surface area contributed by atoms with Gasteiger partial charge in [-0.3, -0.25) is 0 Å². The lowest BCUT2D eigenvalue weighted by Gasteiger charge is -2.13. The minimum absolute atomic E-state index is 0.0840. The van der Waals surface area contributed by atoms with Gasteiger partial charge in [0.15, 0.2) is 9.84 Å². The Labute approximate surface area is 70.8 Å². The van der Waals surface area contributed by atoms with Crippen LogP contribution in [-0.4, -0.2) is 31.0 Å². The third kappa shape index (κ3) is 2.65. The van der Waals surface area contributed by atoms with Crippen LogP contribution in [0.15, 0.2) is 11.6 Å². The molecule has 0 radical (unpaired) electrons. The largest absolute Gasteiger partial charge is 0.478 e. The second kappa shape index (κ2) is 3.26. The van der Waals surface area contributed by atoms with Gasteiger partial charge in [-0.15, -0.1) is 0 Å². The first kappa shape index (κ1) is 9.25. The molecule has 1 N–H and O–H groups in total. The summed E-state index contributed by atoms with van der Waals surface area (Å²) in [6, 6.07) is 0. The maximum Gasteiger partial charge on any atom is 0.328 e. The van der Waals surface area contributed by atoms with E-state index in [1.54, 1.807) is 0 Å². The molecule has 1 aliphatic heterocycles. The van der Waals surface area contributed by atoms with Crippen LogP contribution in [0, 0.1) is 0 Å². The van der Waals surface area contributed by atoms with Gasteiger partial charge in [0.2, 0.25) is 0 Å². The average molecular weight is 190 g/mol. The normalized spacial score (nSPS) is 25.5. The molecule has 0 bridgehead atoms. The molecule has 1 heterocycles. The highest BCUT2D eigenvalue weighted by atomic mass is 32.2. The van der Waals surface area contributed by atoms with Crippen molar-refractivity contribution in [1.82, 2.24) is 0 Å². The third-order valence-electron chi connectivity index (χ3n) is 1.69. The first-order valence-electron chi connectivity index (χ1n) is 3.62. The summed E-state index contributed by atoms with van der Waals surface area (Å²) in [4.78, 5) is 10.2. The number of sulfone groups is 1. The highest BCUT2D eigenvalue weighted by Crippen LogP contribution is 2.16. The first-order chi connectivity index (χ1) is 5.49. The van der Waals surface area contributed by atoms with Gasteiger partial charge >= 0.3 is 5.97 Å². The van der Waals surface area contributed by atoms with Crippen LogP contribution in [0.4, 0.5) is 0 Å². The number of rotatable bonds is 1. The highest BCUT2D eigenvalue weighted by molar-refractivity contribution is 7.91. The van der Waals surface area contributed by atoms with Gasteiger partial charge < -0.3 is 5.11 Å². The zero-order valence-electron chi connectivity index (χ0n) is 6.49. The molecule has 1 saturated heterocycles. The van der Waals surface area contributed by atoms with Crippen LogP contribution in [0.5, 0.6) is 0 Å². The standard InChI is InChI=1S/C7H10O4S/c8-7(9)4-6-2-1-3-12(10,11)5-6/h4H,1-3,5H2,(H,8,9)/b6-4+. The molecular formula is C7H10O4S. The van der Waals surface area contributed by atoms with Crippen molar-refractivity contribution in [2.24, 2.45) is 0 Å². The van der Waals surface area contributed by atoms with Gasteiger partial charge in [0, 0.05) is 6.08 Å². The molecular weight excluding hydrogens is 180 g/mol. The predicted octanol–water partition coefficient (Wildman–Crippen LogP) is 0.206. The van der Waals surface area contributed by atoms with E-state index in [0.717, 1.165) is 6.08 Å². The van der Waals surface area contributed by atoms with Gasteiger partial charge in [-0.05, 0) is 18.4 Å². The van der Waals surface area contributed by atoms with Crippen LogP contribution >= 0.6 is 0 Å². The fourth-order valence-corrected chi connectivity index (χ4v) is 2.76. The fraction of sp³-hybridized carbons (Fsp3) is 0.571. The summed E-state index contributed by atoms with van der Waals surface area (Å²) in [5.41, 5.74) is 0.508. The number of carbonyl (C=O) groups is 1. The number of aliphatic carboxylic acids is 1. The Balaban J connectivity index is 2.77. The zero-order valence-corrected chi connectivity index (χ0v) is 7.30. The number of hydrogen-bond donors (Lipinski definition) is 1. The molecule has 0 spiro atoms. The molecule has 0 aromatic heterocycles. The Hall–Kier alpha value is -0.840. The van der Waals surface area contributed by atoms with Crippen LogP contribution < -0.4 is 0 Å². The summed E-state index contributed by atoms with van der Waals surface area (Å²) in [6.07, 6.45) is 2.13. The Kier molecular flexibility index (Phi) is 2.52. The van der Waals surface area contributed by atoms with Crippen molar-refractivity contribution in [1.29, 1.82) is 0 Å². The maximum atomic E-state index is 11.0. The predicted molar refractivity (Wildman–Crippen MR) is 43.6 cm³/mol. The molecule has 0 atom stereocenters. The van der Waals surface area contributed by atoms with Crippen LogP contribution in [0.2, 0.25) is 0 Å². The average Bonchev–Trinajstić information content (AvgIpc) is 1.82. The van der Waals surface area contributed by atoms with Crippen molar-refractivity contribution in [2.45, 2.75) is 12.8 Å². The lowest BCUT2D eigenvalue weighted by molar-refractivity contribution is -0.131. The summed E-state index contributed by atoms with van der Waals surface area (Å²) >= 11 is 0. The molecule has 12 heavy (non-hydrogen) atoms. The molecule has 0 amide bonds. The molecule has 0 aliphatic carbocycles. The van der Waals surface area contributed by atoms with Crippen molar-refractivity contribution < 1.29 is 18.3 Å². The summed E-state index contributed by atoms with van der Waals surface area (Å²) in [5.74, 6) is -0.967. The topological polar surface area (TPSA) is 71.4 Å². The van der Waals surface area contributed by atoms with E-state index in [1.165, 1.54) is 0 Å². The van der Waals surface area contributed by atoms with Gasteiger partial charge in [-0.2, -0.15) is 0 Å². The van der Waals surface area contributed by atoms with Crippen molar-refractivity contribution in [3.8, 4) is 0 Å². The second-order valence-electron chi connectivity index (χ2n) is 2.84. The quantitative estimate of drug-likeness (QED) is 0.600. The number of carboxylic acid groups (broad SMARTS) is 1. The Morgan fingerprint density at radius 2 is 2.17 bits per heavy atom. The summed E-state index contributed by atoms with van der Waals surface area (Å²) in [6.45, 7) is 0.